The van der Waals surface area contributed by atoms with Crippen LogP contribution in [0, 0.1) is 5.82 Å². The zero-order chi connectivity index (χ0) is 17.0. The Kier molecular flexibility index (Phi) is 5.76. The number of halogens is 1. The molecule has 1 atom stereocenters. The first-order chi connectivity index (χ1) is 10.8. The molecule has 0 aliphatic heterocycles. The number of likely N-dealkylation sites (N-methyl/N-ethyl adjacent to an activating group) is 2. The fourth-order valence-corrected chi connectivity index (χ4v) is 3.28. The quantitative estimate of drug-likeness (QED) is 0.875. The number of carbonyl (C=O) groups excluding carboxylic acids is 1. The highest BCUT2D eigenvalue weighted by Gasteiger charge is 2.32. The van der Waals surface area contributed by atoms with E-state index >= 15 is 0 Å². The monoisotopic (exact) mass is 322 g/mol. The summed E-state index contributed by atoms with van der Waals surface area (Å²) in [4.78, 5) is 16.3. The number of benzene rings is 1. The van der Waals surface area contributed by atoms with E-state index in [9.17, 15) is 14.3 Å². The highest BCUT2D eigenvalue weighted by molar-refractivity contribution is 5.83. The van der Waals surface area contributed by atoms with Gasteiger partial charge in [0.15, 0.2) is 0 Å². The molecule has 0 bridgehead atoms. The van der Waals surface area contributed by atoms with Gasteiger partial charge >= 0.3 is 0 Å². The first-order valence-electron chi connectivity index (χ1n) is 8.22. The molecule has 0 radical (unpaired) electrons. The van der Waals surface area contributed by atoms with Gasteiger partial charge in [-0.05, 0) is 51.1 Å². The summed E-state index contributed by atoms with van der Waals surface area (Å²) >= 11 is 0. The second kappa shape index (κ2) is 7.41. The van der Waals surface area contributed by atoms with Crippen molar-refractivity contribution >= 4 is 5.91 Å². The number of aliphatic hydroxyl groups is 1. The van der Waals surface area contributed by atoms with Gasteiger partial charge < -0.3 is 10.0 Å². The zero-order valence-corrected chi connectivity index (χ0v) is 14.3. The maximum atomic E-state index is 13.1. The third-order valence-corrected chi connectivity index (χ3v) is 4.76. The molecule has 2 rings (SSSR count). The van der Waals surface area contributed by atoms with Crippen LogP contribution in [0.3, 0.4) is 0 Å². The molecule has 1 fully saturated rings. The van der Waals surface area contributed by atoms with Crippen molar-refractivity contribution in [3.63, 3.8) is 0 Å². The van der Waals surface area contributed by atoms with Crippen LogP contribution in [0.25, 0.3) is 0 Å². The smallest absolute Gasteiger partial charge is 0.244 e. The maximum Gasteiger partial charge on any atom is 0.244 e. The van der Waals surface area contributed by atoms with E-state index < -0.39 is 11.6 Å². The van der Waals surface area contributed by atoms with Crippen LogP contribution in [0.5, 0.6) is 0 Å². The van der Waals surface area contributed by atoms with E-state index in [4.69, 9.17) is 0 Å². The fourth-order valence-electron chi connectivity index (χ4n) is 3.28. The van der Waals surface area contributed by atoms with E-state index in [2.05, 4.69) is 0 Å². The average Bonchev–Trinajstić information content (AvgIpc) is 2.94. The summed E-state index contributed by atoms with van der Waals surface area (Å²) in [5.41, 5.74) is 0.158. The van der Waals surface area contributed by atoms with Gasteiger partial charge in [0.2, 0.25) is 5.91 Å². The summed E-state index contributed by atoms with van der Waals surface area (Å²) in [5, 5.41) is 10.4. The molecule has 1 aliphatic carbocycles. The van der Waals surface area contributed by atoms with Crippen molar-refractivity contribution in [1.29, 1.82) is 0 Å². The van der Waals surface area contributed by atoms with Crippen LogP contribution in [-0.4, -0.2) is 54.1 Å². The number of hydrogen-bond acceptors (Lipinski definition) is 3. The van der Waals surface area contributed by atoms with Gasteiger partial charge in [0.05, 0.1) is 5.60 Å². The lowest BCUT2D eigenvalue weighted by molar-refractivity contribution is -0.135. The molecule has 23 heavy (non-hydrogen) atoms. The molecule has 5 heteroatoms. The van der Waals surface area contributed by atoms with Gasteiger partial charge in [0.25, 0.3) is 0 Å². The number of nitrogens with zero attached hydrogens (tertiary/aromatic N) is 2. The summed E-state index contributed by atoms with van der Waals surface area (Å²) in [5.74, 6) is -0.348. The first-order valence-corrected chi connectivity index (χ1v) is 8.22. The average molecular weight is 322 g/mol. The van der Waals surface area contributed by atoms with Crippen LogP contribution >= 0.6 is 0 Å². The van der Waals surface area contributed by atoms with Gasteiger partial charge in [0.1, 0.15) is 11.9 Å². The van der Waals surface area contributed by atoms with Gasteiger partial charge in [0, 0.05) is 13.6 Å². The van der Waals surface area contributed by atoms with E-state index in [1.807, 2.05) is 19.0 Å². The molecule has 0 aromatic heterocycles. The van der Waals surface area contributed by atoms with E-state index in [-0.39, 0.29) is 11.7 Å². The lowest BCUT2D eigenvalue weighted by atomic mass is 9.97. The zero-order valence-electron chi connectivity index (χ0n) is 14.3. The third-order valence-electron chi connectivity index (χ3n) is 4.76. The van der Waals surface area contributed by atoms with Crippen LogP contribution in [0.4, 0.5) is 4.39 Å². The Morgan fingerprint density at radius 1 is 1.22 bits per heavy atom. The normalized spacial score (nSPS) is 18.2. The summed E-state index contributed by atoms with van der Waals surface area (Å²) in [6.45, 7) is 0.529. The Balaban J connectivity index is 2.03. The lowest BCUT2D eigenvalue weighted by Gasteiger charge is -2.31. The molecule has 1 N–H and O–H groups in total. The minimum absolute atomic E-state index is 0.0387. The molecule has 0 spiro atoms. The Hall–Kier alpha value is -1.46. The van der Waals surface area contributed by atoms with Crippen LogP contribution in [0.2, 0.25) is 0 Å². The van der Waals surface area contributed by atoms with Crippen molar-refractivity contribution < 1.29 is 14.3 Å². The molecule has 1 aliphatic rings. The molecule has 128 valence electrons. The van der Waals surface area contributed by atoms with Gasteiger partial charge in [-0.1, -0.05) is 25.0 Å². The molecular weight excluding hydrogens is 295 g/mol. The molecule has 1 saturated carbocycles. The highest BCUT2D eigenvalue weighted by atomic mass is 19.1. The van der Waals surface area contributed by atoms with E-state index in [0.717, 1.165) is 31.2 Å². The largest absolute Gasteiger partial charge is 0.390 e. The minimum atomic E-state index is -0.613. The molecule has 1 amide bonds. The van der Waals surface area contributed by atoms with Crippen LogP contribution in [0.15, 0.2) is 24.3 Å². The number of hydrogen-bond donors (Lipinski definition) is 1. The van der Waals surface area contributed by atoms with Crippen LogP contribution in [0.1, 0.15) is 43.7 Å². The van der Waals surface area contributed by atoms with E-state index in [0.29, 0.717) is 13.0 Å². The minimum Gasteiger partial charge on any atom is -0.390 e. The van der Waals surface area contributed by atoms with Gasteiger partial charge in [-0.25, -0.2) is 4.39 Å². The van der Waals surface area contributed by atoms with Gasteiger partial charge in [-0.15, -0.1) is 0 Å². The Bertz CT molecular complexity index is 524. The SMILES string of the molecule is CN(CCC1(O)CCCC1)C(=O)[C@H](c1ccc(F)cc1)N(C)C. The topological polar surface area (TPSA) is 43.8 Å². The van der Waals surface area contributed by atoms with Crippen molar-refractivity contribution in [3.05, 3.63) is 35.6 Å². The highest BCUT2D eigenvalue weighted by Crippen LogP contribution is 2.32. The summed E-state index contributed by atoms with van der Waals surface area (Å²) in [6, 6.07) is 5.60. The van der Waals surface area contributed by atoms with Crippen molar-refractivity contribution in [2.75, 3.05) is 27.7 Å². The summed E-state index contributed by atoms with van der Waals surface area (Å²) in [6.07, 6.45) is 4.38. The number of amides is 1. The maximum absolute atomic E-state index is 13.1. The van der Waals surface area contributed by atoms with Crippen molar-refractivity contribution in [2.24, 2.45) is 0 Å². The Labute approximate surface area is 137 Å². The summed E-state index contributed by atoms with van der Waals surface area (Å²) < 4.78 is 13.1. The predicted molar refractivity (Wildman–Crippen MR) is 88.5 cm³/mol. The number of carbonyl (C=O) groups is 1. The molecule has 4 nitrogen and oxygen atoms in total. The molecule has 1 aromatic carbocycles. The first kappa shape index (κ1) is 17.9. The van der Waals surface area contributed by atoms with E-state index in [1.54, 1.807) is 24.1 Å². The van der Waals surface area contributed by atoms with Crippen molar-refractivity contribution in [2.45, 2.75) is 43.7 Å². The van der Waals surface area contributed by atoms with Crippen molar-refractivity contribution in [1.82, 2.24) is 9.80 Å². The van der Waals surface area contributed by atoms with Crippen molar-refractivity contribution in [3.8, 4) is 0 Å². The van der Waals surface area contributed by atoms with E-state index in [1.165, 1.54) is 12.1 Å². The van der Waals surface area contributed by atoms with Gasteiger partial charge in [-0.2, -0.15) is 0 Å². The second-order valence-corrected chi connectivity index (χ2v) is 6.86. The third kappa shape index (κ3) is 4.52. The Morgan fingerprint density at radius 2 is 1.78 bits per heavy atom. The predicted octanol–water partition coefficient (Wildman–Crippen LogP) is 2.58. The van der Waals surface area contributed by atoms with Gasteiger partial charge in [-0.3, -0.25) is 9.69 Å². The summed E-state index contributed by atoms with van der Waals surface area (Å²) in [7, 11) is 5.44. The molecular formula is C18H27FN2O2. The van der Waals surface area contributed by atoms with Crippen LogP contribution < -0.4 is 0 Å². The standard InChI is InChI=1S/C18H27FN2O2/c1-20(2)16(14-6-8-15(19)9-7-14)17(22)21(3)13-12-18(23)10-4-5-11-18/h6-9,16,23H,4-5,10-13H2,1-3H3/t16-/m0/s1. The molecule has 0 saturated heterocycles. The second-order valence-electron chi connectivity index (χ2n) is 6.86. The number of rotatable bonds is 6. The lowest BCUT2D eigenvalue weighted by Crippen LogP contribution is -2.41. The molecule has 1 aromatic rings. The fraction of sp³-hybridized carbons (Fsp3) is 0.611. The molecule has 0 heterocycles. The Morgan fingerprint density at radius 3 is 2.30 bits per heavy atom. The van der Waals surface area contributed by atoms with Crippen LogP contribution in [-0.2, 0) is 4.79 Å². The molecule has 0 unspecified atom stereocenters.